The van der Waals surface area contributed by atoms with E-state index in [-0.39, 0.29) is 31.6 Å². The molecule has 7 atom stereocenters. The van der Waals surface area contributed by atoms with Crippen LogP contribution in [0.15, 0.2) is 71.8 Å². The third kappa shape index (κ3) is 15.1. The van der Waals surface area contributed by atoms with Crippen LogP contribution in [-0.2, 0) is 11.2 Å². The summed E-state index contributed by atoms with van der Waals surface area (Å²) in [5, 5.41) is 88.5. The Morgan fingerprint density at radius 3 is 2.38 bits per heavy atom. The number of aromatic hydroxyl groups is 1. The molecule has 2 aromatic rings. The van der Waals surface area contributed by atoms with E-state index < -0.39 is 54.5 Å². The number of unbranched alkanes of at least 4 members (excludes halogenated alkanes) is 4. The van der Waals surface area contributed by atoms with Crippen LogP contribution in [0, 0.1) is 11.8 Å². The number of aliphatic hydroxyl groups is 6. The summed E-state index contributed by atoms with van der Waals surface area (Å²) in [4.78, 5) is 11.2. The van der Waals surface area contributed by atoms with Gasteiger partial charge in [0.15, 0.2) is 0 Å². The maximum atomic E-state index is 12.7. The van der Waals surface area contributed by atoms with Gasteiger partial charge in [-0.15, -0.1) is 0 Å². The zero-order valence-electron chi connectivity index (χ0n) is 32.7. The summed E-state index contributed by atoms with van der Waals surface area (Å²) in [7, 11) is 0. The van der Waals surface area contributed by atoms with E-state index in [0.717, 1.165) is 53.5 Å². The number of hydrogen-bond donors (Lipinski definition) is 9. The van der Waals surface area contributed by atoms with Crippen LogP contribution >= 0.6 is 0 Å². The number of carbonyl (C=O) groups is 1. The second kappa shape index (κ2) is 24.2. The minimum absolute atomic E-state index is 0.0650. The van der Waals surface area contributed by atoms with Crippen molar-refractivity contribution in [1.29, 1.82) is 0 Å². The molecule has 0 fully saturated rings. The number of fused-ring (bicyclic) bond motifs is 1. The molecule has 9 N–H and O–H groups in total. The molecule has 0 aliphatic carbocycles. The van der Waals surface area contributed by atoms with Gasteiger partial charge in [-0.25, -0.2) is 0 Å². The van der Waals surface area contributed by atoms with E-state index in [2.05, 4.69) is 17.2 Å². The smallest absolute Gasteiger partial charge is 0.303 e. The topological polar surface area (TPSA) is 191 Å². The van der Waals surface area contributed by atoms with Crippen molar-refractivity contribution >= 4 is 5.97 Å². The Morgan fingerprint density at radius 2 is 1.69 bits per heavy atom. The first-order valence-corrected chi connectivity index (χ1v) is 20.1. The number of phenolic OH excluding ortho intramolecular Hbond substituents is 1. The van der Waals surface area contributed by atoms with Gasteiger partial charge in [-0.2, -0.15) is 0 Å². The lowest BCUT2D eigenvalue weighted by atomic mass is 9.74. The van der Waals surface area contributed by atoms with Crippen molar-refractivity contribution in [2.75, 3.05) is 13.2 Å². The van der Waals surface area contributed by atoms with Crippen LogP contribution < -0.4 is 5.32 Å². The van der Waals surface area contributed by atoms with Crippen LogP contribution in [0.3, 0.4) is 0 Å². The molecule has 0 spiro atoms. The number of aryl methyl sites for hydroxylation is 1. The molecule has 2 aromatic carbocycles. The first-order chi connectivity index (χ1) is 26.4. The Labute approximate surface area is 327 Å². The summed E-state index contributed by atoms with van der Waals surface area (Å²) in [5.41, 5.74) is 2.86. The van der Waals surface area contributed by atoms with E-state index in [1.807, 2.05) is 37.3 Å². The van der Waals surface area contributed by atoms with Gasteiger partial charge in [-0.3, -0.25) is 4.79 Å². The van der Waals surface area contributed by atoms with Gasteiger partial charge in [-0.1, -0.05) is 93.4 Å². The highest BCUT2D eigenvalue weighted by Crippen LogP contribution is 2.38. The van der Waals surface area contributed by atoms with Crippen molar-refractivity contribution in [2.24, 2.45) is 0 Å². The fourth-order valence-electron chi connectivity index (χ4n) is 7.53. The van der Waals surface area contributed by atoms with Gasteiger partial charge in [0.25, 0.3) is 0 Å². The Kier molecular flexibility index (Phi) is 20.2. The molecule has 1 aliphatic rings. The SMILES string of the molecule is CCCCC(O)C(O)C=CC1=C(CC(O)CO)C(CCCCCCC(=O)O)NC(C(C)(O)C(CCCO)c2ccc(O)cc2)CC#Cc2ccccc2CC1. The number of benzene rings is 2. The summed E-state index contributed by atoms with van der Waals surface area (Å²) in [6, 6.07) is 13.5. The van der Waals surface area contributed by atoms with Crippen molar-refractivity contribution in [3.8, 4) is 17.6 Å². The number of aliphatic hydroxyl groups excluding tert-OH is 5. The lowest BCUT2D eigenvalue weighted by molar-refractivity contribution is -0.137. The van der Waals surface area contributed by atoms with Crippen LogP contribution in [0.25, 0.3) is 0 Å². The number of hydrogen-bond acceptors (Lipinski definition) is 9. The van der Waals surface area contributed by atoms with Crippen LogP contribution in [0.5, 0.6) is 5.75 Å². The number of allylic oxidation sites excluding steroid dienone is 2. The fraction of sp³-hybridized carbons (Fsp3) is 0.578. The van der Waals surface area contributed by atoms with Crippen LogP contribution in [-0.4, -0.2) is 96.0 Å². The summed E-state index contributed by atoms with van der Waals surface area (Å²) in [6.45, 7) is 3.25. The van der Waals surface area contributed by atoms with Crippen molar-refractivity contribution in [3.63, 3.8) is 0 Å². The quantitative estimate of drug-likeness (QED) is 0.0536. The predicted octanol–water partition coefficient (Wildman–Crippen LogP) is 5.65. The Hall–Kier alpha value is -3.53. The van der Waals surface area contributed by atoms with E-state index in [1.54, 1.807) is 37.3 Å². The van der Waals surface area contributed by atoms with Gasteiger partial charge in [0.2, 0.25) is 0 Å². The highest BCUT2D eigenvalue weighted by Gasteiger charge is 2.41. The largest absolute Gasteiger partial charge is 0.508 e. The average Bonchev–Trinajstić information content (AvgIpc) is 3.16. The van der Waals surface area contributed by atoms with Gasteiger partial charge in [0, 0.05) is 43.0 Å². The minimum atomic E-state index is -1.44. The van der Waals surface area contributed by atoms with Crippen LogP contribution in [0.4, 0.5) is 0 Å². The first kappa shape index (κ1) is 45.9. The Balaban J connectivity index is 2.23. The number of aliphatic carboxylic acids is 1. The molecule has 7 unspecified atom stereocenters. The van der Waals surface area contributed by atoms with Gasteiger partial charge in [0.1, 0.15) is 5.75 Å². The molecule has 3 rings (SSSR count). The number of carboxylic acid groups (broad SMARTS) is 1. The summed E-state index contributed by atoms with van der Waals surface area (Å²) < 4.78 is 0. The lowest BCUT2D eigenvalue weighted by Crippen LogP contribution is -2.56. The average molecular weight is 764 g/mol. The molecule has 0 aromatic heterocycles. The van der Waals surface area contributed by atoms with E-state index >= 15 is 0 Å². The molecule has 0 amide bonds. The molecular weight excluding hydrogens is 698 g/mol. The molecule has 1 heterocycles. The highest BCUT2D eigenvalue weighted by atomic mass is 16.4. The molecule has 0 saturated carbocycles. The highest BCUT2D eigenvalue weighted by molar-refractivity contribution is 5.66. The van der Waals surface area contributed by atoms with Crippen LogP contribution in [0.2, 0.25) is 0 Å². The van der Waals surface area contributed by atoms with Gasteiger partial charge < -0.3 is 46.2 Å². The number of carboxylic acids is 1. The third-order valence-corrected chi connectivity index (χ3v) is 10.8. The van der Waals surface area contributed by atoms with Crippen molar-refractivity contribution in [2.45, 2.75) is 152 Å². The van der Waals surface area contributed by atoms with Crippen molar-refractivity contribution in [1.82, 2.24) is 5.32 Å². The molecule has 0 saturated heterocycles. The molecular formula is C45H65NO9. The number of phenols is 1. The van der Waals surface area contributed by atoms with Crippen LogP contribution in [0.1, 0.15) is 126 Å². The maximum Gasteiger partial charge on any atom is 0.303 e. The molecule has 10 heteroatoms. The van der Waals surface area contributed by atoms with Gasteiger partial charge >= 0.3 is 5.97 Å². The lowest BCUT2D eigenvalue weighted by Gasteiger charge is -2.42. The molecule has 1 aliphatic heterocycles. The van der Waals surface area contributed by atoms with Gasteiger partial charge in [-0.05, 0) is 98.8 Å². The molecule has 55 heavy (non-hydrogen) atoms. The fourth-order valence-corrected chi connectivity index (χ4v) is 7.53. The van der Waals surface area contributed by atoms with E-state index in [0.29, 0.717) is 51.4 Å². The number of nitrogens with one attached hydrogen (secondary N) is 1. The predicted molar refractivity (Wildman–Crippen MR) is 216 cm³/mol. The van der Waals surface area contributed by atoms with E-state index in [4.69, 9.17) is 5.11 Å². The molecule has 304 valence electrons. The first-order valence-electron chi connectivity index (χ1n) is 20.1. The molecule has 0 radical (unpaired) electrons. The molecule has 0 bridgehead atoms. The maximum absolute atomic E-state index is 12.7. The monoisotopic (exact) mass is 763 g/mol. The summed E-state index contributed by atoms with van der Waals surface area (Å²) in [6.07, 6.45) is 8.12. The Bertz CT molecular complexity index is 1560. The molecule has 10 nitrogen and oxygen atoms in total. The summed E-state index contributed by atoms with van der Waals surface area (Å²) in [5.74, 6) is 5.50. The van der Waals surface area contributed by atoms with E-state index in [1.165, 1.54) is 0 Å². The zero-order valence-corrected chi connectivity index (χ0v) is 32.7. The Morgan fingerprint density at radius 1 is 0.964 bits per heavy atom. The zero-order chi connectivity index (χ0) is 40.2. The second-order valence-electron chi connectivity index (χ2n) is 15.2. The van der Waals surface area contributed by atoms with E-state index in [9.17, 15) is 40.5 Å². The van der Waals surface area contributed by atoms with Gasteiger partial charge in [0.05, 0.1) is 30.5 Å². The van der Waals surface area contributed by atoms with Crippen molar-refractivity contribution in [3.05, 3.63) is 88.5 Å². The second-order valence-corrected chi connectivity index (χ2v) is 15.2. The van der Waals surface area contributed by atoms with Crippen molar-refractivity contribution < 1.29 is 45.6 Å². The summed E-state index contributed by atoms with van der Waals surface area (Å²) >= 11 is 0. The minimum Gasteiger partial charge on any atom is -0.508 e. The number of rotatable bonds is 22. The standard InChI is InChI=1S/C45H65NO9/c1-3-4-18-41(51)42(52)28-25-34-22-21-33-14-10-9-13-32(33)15-11-19-43(45(2,55)39(16-12-29-47)35-23-26-36(49)27-24-35)46-40(38(34)30-37(50)31-48)17-7-5-6-8-20-44(53)54/h9-10,13-14,23-28,37,39-43,46-52,55H,3-8,12,16-22,29-31H2,1-2H3,(H,53,54). The third-order valence-electron chi connectivity index (χ3n) is 10.8. The normalized spacial score (nSPS) is 19.9.